The SMILES string of the molecule is CCNC(=NCc1ccnc(N2CCN(C)CC2)c1)NCC(C(C)C)N1CCOCC1. The summed E-state index contributed by atoms with van der Waals surface area (Å²) in [6.45, 7) is 16.9. The van der Waals surface area contributed by atoms with Crippen molar-refractivity contribution in [1.29, 1.82) is 0 Å². The van der Waals surface area contributed by atoms with E-state index in [9.17, 15) is 0 Å². The molecule has 2 saturated heterocycles. The highest BCUT2D eigenvalue weighted by molar-refractivity contribution is 5.79. The van der Waals surface area contributed by atoms with Gasteiger partial charge in [0.1, 0.15) is 5.82 Å². The molecule has 3 heterocycles. The largest absolute Gasteiger partial charge is 0.379 e. The summed E-state index contributed by atoms with van der Waals surface area (Å²) < 4.78 is 5.53. The van der Waals surface area contributed by atoms with Crippen molar-refractivity contribution in [2.45, 2.75) is 33.4 Å². The second kappa shape index (κ2) is 12.2. The number of nitrogens with one attached hydrogen (secondary N) is 2. The van der Waals surface area contributed by atoms with Crippen LogP contribution in [-0.4, -0.2) is 99.4 Å². The number of pyridine rings is 1. The summed E-state index contributed by atoms with van der Waals surface area (Å²) in [4.78, 5) is 16.7. The van der Waals surface area contributed by atoms with Crippen molar-refractivity contribution in [1.82, 2.24) is 25.4 Å². The highest BCUT2D eigenvalue weighted by atomic mass is 16.5. The second-order valence-corrected chi connectivity index (χ2v) is 8.85. The van der Waals surface area contributed by atoms with Crippen LogP contribution in [0.25, 0.3) is 0 Å². The zero-order chi connectivity index (χ0) is 22.1. The van der Waals surface area contributed by atoms with Gasteiger partial charge in [-0.05, 0) is 37.6 Å². The topological polar surface area (TPSA) is 68.3 Å². The van der Waals surface area contributed by atoms with E-state index in [-0.39, 0.29) is 0 Å². The lowest BCUT2D eigenvalue weighted by Crippen LogP contribution is -2.52. The van der Waals surface area contributed by atoms with Gasteiger partial charge in [-0.15, -0.1) is 0 Å². The Bertz CT molecular complexity index is 682. The van der Waals surface area contributed by atoms with E-state index in [0.717, 1.165) is 77.3 Å². The lowest BCUT2D eigenvalue weighted by molar-refractivity contribution is 0.00752. The molecule has 31 heavy (non-hydrogen) atoms. The fraction of sp³-hybridized carbons (Fsp3) is 0.739. The van der Waals surface area contributed by atoms with Crippen LogP contribution < -0.4 is 15.5 Å². The fourth-order valence-corrected chi connectivity index (χ4v) is 4.18. The quantitative estimate of drug-likeness (QED) is 0.474. The number of nitrogens with zero attached hydrogens (tertiary/aromatic N) is 5. The van der Waals surface area contributed by atoms with Crippen molar-refractivity contribution in [2.24, 2.45) is 10.9 Å². The van der Waals surface area contributed by atoms with E-state index in [4.69, 9.17) is 9.73 Å². The summed E-state index contributed by atoms with van der Waals surface area (Å²) in [7, 11) is 2.17. The van der Waals surface area contributed by atoms with E-state index in [2.05, 4.69) is 70.3 Å². The zero-order valence-electron chi connectivity index (χ0n) is 19.8. The standard InChI is InChI=1S/C23H41N7O/c1-5-24-23(27-18-21(19(2)3)29-12-14-31-15-13-29)26-17-20-6-7-25-22(16-20)30-10-8-28(4)9-11-30/h6-7,16,19,21H,5,8-15,17-18H2,1-4H3,(H2,24,26,27). The van der Waals surface area contributed by atoms with Gasteiger partial charge in [0.15, 0.2) is 5.96 Å². The van der Waals surface area contributed by atoms with Gasteiger partial charge in [-0.3, -0.25) is 4.90 Å². The third-order valence-electron chi connectivity index (χ3n) is 6.16. The van der Waals surface area contributed by atoms with Gasteiger partial charge in [0.25, 0.3) is 0 Å². The van der Waals surface area contributed by atoms with E-state index < -0.39 is 0 Å². The Hall–Kier alpha value is -1.90. The smallest absolute Gasteiger partial charge is 0.191 e. The minimum absolute atomic E-state index is 0.470. The Kier molecular flexibility index (Phi) is 9.36. The van der Waals surface area contributed by atoms with Crippen molar-refractivity contribution in [3.05, 3.63) is 23.9 Å². The van der Waals surface area contributed by atoms with Crippen LogP contribution in [-0.2, 0) is 11.3 Å². The first kappa shape index (κ1) is 23.8. The van der Waals surface area contributed by atoms with Crippen LogP contribution in [0.3, 0.4) is 0 Å². The molecule has 0 radical (unpaired) electrons. The van der Waals surface area contributed by atoms with Crippen molar-refractivity contribution < 1.29 is 4.74 Å². The number of anilines is 1. The Morgan fingerprint density at radius 2 is 1.87 bits per heavy atom. The molecule has 1 atom stereocenters. The fourth-order valence-electron chi connectivity index (χ4n) is 4.18. The summed E-state index contributed by atoms with van der Waals surface area (Å²) in [6.07, 6.45) is 1.91. The highest BCUT2D eigenvalue weighted by Gasteiger charge is 2.24. The zero-order valence-corrected chi connectivity index (χ0v) is 19.8. The molecule has 0 bridgehead atoms. The van der Waals surface area contributed by atoms with Gasteiger partial charge in [0, 0.05) is 64.6 Å². The number of hydrogen-bond donors (Lipinski definition) is 2. The molecule has 2 aliphatic heterocycles. The van der Waals surface area contributed by atoms with Crippen LogP contribution in [0, 0.1) is 5.92 Å². The number of guanidine groups is 1. The number of aromatic nitrogens is 1. The van der Waals surface area contributed by atoms with E-state index >= 15 is 0 Å². The number of ether oxygens (including phenoxy) is 1. The van der Waals surface area contributed by atoms with Gasteiger partial charge in [-0.25, -0.2) is 9.98 Å². The van der Waals surface area contributed by atoms with Gasteiger partial charge >= 0.3 is 0 Å². The molecular weight excluding hydrogens is 390 g/mol. The van der Waals surface area contributed by atoms with Crippen LogP contribution >= 0.6 is 0 Å². The third kappa shape index (κ3) is 7.33. The van der Waals surface area contributed by atoms with E-state index in [1.807, 2.05) is 6.20 Å². The molecule has 0 aliphatic carbocycles. The van der Waals surface area contributed by atoms with Crippen LogP contribution in [0.15, 0.2) is 23.3 Å². The van der Waals surface area contributed by atoms with Crippen LogP contribution in [0.4, 0.5) is 5.82 Å². The Balaban J connectivity index is 1.59. The summed E-state index contributed by atoms with van der Waals surface area (Å²) in [5.41, 5.74) is 1.19. The Morgan fingerprint density at radius 1 is 1.13 bits per heavy atom. The van der Waals surface area contributed by atoms with Gasteiger partial charge in [0.05, 0.1) is 19.8 Å². The first-order chi connectivity index (χ1) is 15.1. The van der Waals surface area contributed by atoms with Crippen molar-refractivity contribution >= 4 is 11.8 Å². The molecule has 1 unspecified atom stereocenters. The lowest BCUT2D eigenvalue weighted by Gasteiger charge is -2.37. The van der Waals surface area contributed by atoms with Crippen molar-refractivity contribution in [2.75, 3.05) is 77.5 Å². The molecule has 2 fully saturated rings. The predicted molar refractivity (Wildman–Crippen MR) is 128 cm³/mol. The molecule has 2 aliphatic rings. The molecule has 8 heteroatoms. The highest BCUT2D eigenvalue weighted by Crippen LogP contribution is 2.16. The van der Waals surface area contributed by atoms with Gasteiger partial charge in [-0.1, -0.05) is 13.8 Å². The van der Waals surface area contributed by atoms with Gasteiger partial charge < -0.3 is 25.2 Å². The summed E-state index contributed by atoms with van der Waals surface area (Å²) in [5.74, 6) is 2.50. The van der Waals surface area contributed by atoms with Crippen molar-refractivity contribution in [3.8, 4) is 0 Å². The summed E-state index contributed by atoms with van der Waals surface area (Å²) in [6, 6.07) is 4.72. The average molecular weight is 432 g/mol. The van der Waals surface area contributed by atoms with Crippen molar-refractivity contribution in [3.63, 3.8) is 0 Å². The number of piperazine rings is 1. The second-order valence-electron chi connectivity index (χ2n) is 8.85. The molecule has 0 spiro atoms. The van der Waals surface area contributed by atoms with E-state index in [1.165, 1.54) is 5.56 Å². The molecule has 2 N–H and O–H groups in total. The molecule has 3 rings (SSSR count). The maximum Gasteiger partial charge on any atom is 0.191 e. The van der Waals surface area contributed by atoms with Crippen LogP contribution in [0.1, 0.15) is 26.3 Å². The van der Waals surface area contributed by atoms with E-state index in [0.29, 0.717) is 18.5 Å². The van der Waals surface area contributed by atoms with E-state index in [1.54, 1.807) is 0 Å². The van der Waals surface area contributed by atoms with Gasteiger partial charge in [-0.2, -0.15) is 0 Å². The van der Waals surface area contributed by atoms with Crippen LogP contribution in [0.5, 0.6) is 0 Å². The molecule has 1 aromatic rings. The van der Waals surface area contributed by atoms with Gasteiger partial charge in [0.2, 0.25) is 0 Å². The van der Waals surface area contributed by atoms with Crippen LogP contribution in [0.2, 0.25) is 0 Å². The molecule has 0 saturated carbocycles. The maximum absolute atomic E-state index is 5.53. The summed E-state index contributed by atoms with van der Waals surface area (Å²) >= 11 is 0. The normalized spacial score (nSPS) is 20.2. The minimum atomic E-state index is 0.470. The number of morpholine rings is 1. The molecule has 0 amide bonds. The average Bonchev–Trinajstić information content (AvgIpc) is 2.79. The Morgan fingerprint density at radius 3 is 2.55 bits per heavy atom. The Labute approximate surface area is 188 Å². The minimum Gasteiger partial charge on any atom is -0.379 e. The lowest BCUT2D eigenvalue weighted by atomic mass is 10.0. The maximum atomic E-state index is 5.53. The molecule has 8 nitrogen and oxygen atoms in total. The molecule has 1 aromatic heterocycles. The third-order valence-corrected chi connectivity index (χ3v) is 6.16. The summed E-state index contributed by atoms with van der Waals surface area (Å²) in [5, 5.41) is 6.97. The first-order valence-corrected chi connectivity index (χ1v) is 11.8. The monoisotopic (exact) mass is 431 g/mol. The number of rotatable bonds is 8. The number of aliphatic imine (C=N–C) groups is 1. The number of likely N-dealkylation sites (N-methyl/N-ethyl adjacent to an activating group) is 1. The molecule has 0 aromatic carbocycles. The molecule has 174 valence electrons. The first-order valence-electron chi connectivity index (χ1n) is 11.8. The number of hydrogen-bond acceptors (Lipinski definition) is 6. The predicted octanol–water partition coefficient (Wildman–Crippen LogP) is 1.25. The molecular formula is C23H41N7O.